The Morgan fingerprint density at radius 3 is 1.97 bits per heavy atom. The lowest BCUT2D eigenvalue weighted by Gasteiger charge is -2.34. The highest BCUT2D eigenvalue weighted by atomic mass is 15.0. The van der Waals surface area contributed by atoms with Crippen molar-refractivity contribution in [3.05, 3.63) is 120 Å². The molecular formula is C33H24N2. The van der Waals surface area contributed by atoms with Crippen molar-refractivity contribution in [1.82, 2.24) is 9.13 Å². The molecule has 5 aromatic carbocycles. The lowest BCUT2D eigenvalue weighted by Crippen LogP contribution is -2.26. The second-order valence-electron chi connectivity index (χ2n) is 10.2. The lowest BCUT2D eigenvalue weighted by atomic mass is 9.75. The largest absolute Gasteiger partial charge is 0.309 e. The van der Waals surface area contributed by atoms with Gasteiger partial charge in [-0.15, -0.1) is 0 Å². The van der Waals surface area contributed by atoms with Gasteiger partial charge in [0.25, 0.3) is 0 Å². The summed E-state index contributed by atoms with van der Waals surface area (Å²) in [5.74, 6) is 0. The van der Waals surface area contributed by atoms with Gasteiger partial charge >= 0.3 is 0 Å². The van der Waals surface area contributed by atoms with E-state index in [1.165, 1.54) is 66.1 Å². The van der Waals surface area contributed by atoms with Crippen molar-refractivity contribution in [2.75, 3.05) is 0 Å². The van der Waals surface area contributed by atoms with Crippen LogP contribution in [0.4, 0.5) is 0 Å². The summed E-state index contributed by atoms with van der Waals surface area (Å²) in [6.07, 6.45) is 0. The Hall–Kier alpha value is -4.30. The number of aromatic nitrogens is 2. The zero-order valence-corrected chi connectivity index (χ0v) is 19.8. The quantitative estimate of drug-likeness (QED) is 0.238. The standard InChI is InChI=1S/C33H24N2/c1-33(2)24-15-7-9-18-27(24)35-29-20-19-28-30(31(29)23-14-10-16-25(33)32(23)35)22-13-6-8-17-26(22)34(28)21-11-4-3-5-12-21/h3-20H,1-2H3. The van der Waals surface area contributed by atoms with Crippen LogP contribution in [0.5, 0.6) is 0 Å². The summed E-state index contributed by atoms with van der Waals surface area (Å²) in [5.41, 5.74) is 10.3. The van der Waals surface area contributed by atoms with Crippen LogP contribution in [0, 0.1) is 0 Å². The Balaban J connectivity index is 1.66. The average Bonchev–Trinajstić information content (AvgIpc) is 3.41. The maximum Gasteiger partial charge on any atom is 0.0582 e. The van der Waals surface area contributed by atoms with Gasteiger partial charge in [0.1, 0.15) is 0 Å². The Morgan fingerprint density at radius 1 is 0.486 bits per heavy atom. The molecule has 1 aliphatic rings. The fourth-order valence-corrected chi connectivity index (χ4v) is 6.57. The summed E-state index contributed by atoms with van der Waals surface area (Å²) in [5, 5.41) is 5.31. The van der Waals surface area contributed by atoms with Crippen molar-refractivity contribution < 1.29 is 0 Å². The summed E-state index contributed by atoms with van der Waals surface area (Å²) in [6.45, 7) is 4.72. The summed E-state index contributed by atoms with van der Waals surface area (Å²) in [7, 11) is 0. The fraction of sp³-hybridized carbons (Fsp3) is 0.0909. The Bertz CT molecular complexity index is 1970. The number of benzene rings is 5. The second-order valence-corrected chi connectivity index (χ2v) is 10.2. The molecule has 0 aliphatic carbocycles. The highest BCUT2D eigenvalue weighted by Gasteiger charge is 2.35. The first-order valence-electron chi connectivity index (χ1n) is 12.3. The maximum atomic E-state index is 2.51. The molecule has 0 saturated carbocycles. The minimum absolute atomic E-state index is 0.0579. The minimum atomic E-state index is -0.0579. The van der Waals surface area contributed by atoms with E-state index in [1.54, 1.807) is 0 Å². The molecule has 2 nitrogen and oxygen atoms in total. The molecule has 0 spiro atoms. The van der Waals surface area contributed by atoms with Gasteiger partial charge in [-0.3, -0.25) is 0 Å². The van der Waals surface area contributed by atoms with Gasteiger partial charge in [0.2, 0.25) is 0 Å². The highest BCUT2D eigenvalue weighted by molar-refractivity contribution is 6.29. The molecule has 3 heterocycles. The smallest absolute Gasteiger partial charge is 0.0582 e. The van der Waals surface area contributed by atoms with Crippen LogP contribution in [-0.4, -0.2) is 9.13 Å². The van der Waals surface area contributed by atoms with Crippen molar-refractivity contribution in [1.29, 1.82) is 0 Å². The van der Waals surface area contributed by atoms with Crippen LogP contribution in [0.15, 0.2) is 109 Å². The van der Waals surface area contributed by atoms with Crippen molar-refractivity contribution in [2.24, 2.45) is 0 Å². The van der Waals surface area contributed by atoms with E-state index in [2.05, 4.69) is 132 Å². The van der Waals surface area contributed by atoms with Crippen molar-refractivity contribution >= 4 is 43.6 Å². The van der Waals surface area contributed by atoms with Crippen LogP contribution >= 0.6 is 0 Å². The monoisotopic (exact) mass is 448 g/mol. The van der Waals surface area contributed by atoms with Gasteiger partial charge in [-0.2, -0.15) is 0 Å². The van der Waals surface area contributed by atoms with Gasteiger partial charge in [0, 0.05) is 32.6 Å². The van der Waals surface area contributed by atoms with Crippen molar-refractivity contribution in [3.63, 3.8) is 0 Å². The van der Waals surface area contributed by atoms with E-state index >= 15 is 0 Å². The molecule has 0 bridgehead atoms. The fourth-order valence-electron chi connectivity index (χ4n) is 6.57. The van der Waals surface area contributed by atoms with E-state index in [0.29, 0.717) is 0 Å². The normalized spacial score (nSPS) is 14.2. The van der Waals surface area contributed by atoms with Crippen molar-refractivity contribution in [3.8, 4) is 11.4 Å². The maximum absolute atomic E-state index is 2.51. The molecule has 0 radical (unpaired) electrons. The molecular weight excluding hydrogens is 424 g/mol. The summed E-state index contributed by atoms with van der Waals surface area (Å²) >= 11 is 0. The number of fused-ring (bicyclic) bond motifs is 9. The third kappa shape index (κ3) is 2.25. The van der Waals surface area contributed by atoms with Crippen LogP contribution < -0.4 is 0 Å². The zero-order valence-electron chi connectivity index (χ0n) is 19.8. The number of para-hydroxylation sites is 4. The second kappa shape index (κ2) is 6.43. The van der Waals surface area contributed by atoms with Crippen LogP contribution in [0.2, 0.25) is 0 Å². The number of nitrogens with zero attached hydrogens (tertiary/aromatic N) is 2. The molecule has 0 fully saturated rings. The molecule has 0 unspecified atom stereocenters. The molecule has 35 heavy (non-hydrogen) atoms. The summed E-state index contributed by atoms with van der Waals surface area (Å²) in [4.78, 5) is 0. The van der Waals surface area contributed by atoms with E-state index in [-0.39, 0.29) is 5.41 Å². The van der Waals surface area contributed by atoms with Gasteiger partial charge in [0.15, 0.2) is 0 Å². The first kappa shape index (κ1) is 19.1. The first-order chi connectivity index (χ1) is 17.2. The number of rotatable bonds is 1. The Labute approximate surface area is 203 Å². The van der Waals surface area contributed by atoms with E-state index in [4.69, 9.17) is 0 Å². The molecule has 0 saturated heterocycles. The lowest BCUT2D eigenvalue weighted by molar-refractivity contribution is 0.630. The predicted octanol–water partition coefficient (Wildman–Crippen LogP) is 8.52. The van der Waals surface area contributed by atoms with Crippen molar-refractivity contribution in [2.45, 2.75) is 19.3 Å². The van der Waals surface area contributed by atoms with Crippen LogP contribution in [-0.2, 0) is 5.41 Å². The van der Waals surface area contributed by atoms with Crippen LogP contribution in [0.1, 0.15) is 25.0 Å². The highest BCUT2D eigenvalue weighted by Crippen LogP contribution is 2.49. The predicted molar refractivity (Wildman–Crippen MR) is 147 cm³/mol. The number of hydrogen-bond donors (Lipinski definition) is 0. The van der Waals surface area contributed by atoms with Gasteiger partial charge in [-0.05, 0) is 47.5 Å². The zero-order chi connectivity index (χ0) is 23.3. The molecule has 8 rings (SSSR count). The molecule has 0 atom stereocenters. The van der Waals surface area contributed by atoms with Gasteiger partial charge < -0.3 is 9.13 Å². The molecule has 2 heteroatoms. The van der Waals surface area contributed by atoms with E-state index in [1.807, 2.05) is 0 Å². The molecule has 2 aromatic heterocycles. The van der Waals surface area contributed by atoms with Gasteiger partial charge in [-0.1, -0.05) is 86.6 Å². The average molecular weight is 449 g/mol. The van der Waals surface area contributed by atoms with Crippen LogP contribution in [0.3, 0.4) is 0 Å². The molecule has 166 valence electrons. The molecule has 7 aromatic rings. The molecule has 1 aliphatic heterocycles. The number of hydrogen-bond acceptors (Lipinski definition) is 0. The minimum Gasteiger partial charge on any atom is -0.309 e. The summed E-state index contributed by atoms with van der Waals surface area (Å²) < 4.78 is 4.92. The van der Waals surface area contributed by atoms with E-state index < -0.39 is 0 Å². The Kier molecular flexibility index (Phi) is 3.50. The molecule has 0 amide bonds. The summed E-state index contributed by atoms with van der Waals surface area (Å²) in [6, 6.07) is 40.0. The topological polar surface area (TPSA) is 9.86 Å². The molecule has 0 N–H and O–H groups in total. The Morgan fingerprint density at radius 2 is 1.11 bits per heavy atom. The third-order valence-corrected chi connectivity index (χ3v) is 8.09. The van der Waals surface area contributed by atoms with Gasteiger partial charge in [0.05, 0.1) is 27.8 Å². The van der Waals surface area contributed by atoms with Gasteiger partial charge in [-0.25, -0.2) is 0 Å². The van der Waals surface area contributed by atoms with E-state index in [9.17, 15) is 0 Å². The third-order valence-electron chi connectivity index (χ3n) is 8.09. The first-order valence-corrected chi connectivity index (χ1v) is 12.3. The van der Waals surface area contributed by atoms with E-state index in [0.717, 1.165) is 0 Å². The SMILES string of the molecule is CC1(C)c2ccccc2-n2c3ccc4c(c5ccccc5n4-c4ccccc4)c3c3cccc1c32. The van der Waals surface area contributed by atoms with Crippen LogP contribution in [0.25, 0.3) is 55.0 Å².